The van der Waals surface area contributed by atoms with Crippen LogP contribution in [0.15, 0.2) is 18.3 Å². The van der Waals surface area contributed by atoms with Crippen molar-refractivity contribution in [1.29, 1.82) is 0 Å². The zero-order valence-electron chi connectivity index (χ0n) is 10.9. The zero-order chi connectivity index (χ0) is 12.4. The maximum absolute atomic E-state index is 5.15. The molecule has 18 heavy (non-hydrogen) atoms. The van der Waals surface area contributed by atoms with Gasteiger partial charge in [0, 0.05) is 25.2 Å². The first-order valence-corrected chi connectivity index (χ1v) is 6.87. The van der Waals surface area contributed by atoms with Crippen molar-refractivity contribution in [2.24, 2.45) is 0 Å². The quantitative estimate of drug-likeness (QED) is 0.861. The van der Waals surface area contributed by atoms with Crippen LogP contribution in [0.2, 0.25) is 0 Å². The third-order valence-electron chi connectivity index (χ3n) is 3.85. The third-order valence-corrected chi connectivity index (χ3v) is 3.85. The fourth-order valence-electron chi connectivity index (χ4n) is 2.60. The Labute approximate surface area is 108 Å². The van der Waals surface area contributed by atoms with E-state index in [2.05, 4.69) is 21.3 Å². The highest BCUT2D eigenvalue weighted by molar-refractivity contribution is 5.43. The SMILES string of the molecule is COc1ccc(N2CCCC2CNC2CC2)nc1. The smallest absolute Gasteiger partial charge is 0.137 e. The van der Waals surface area contributed by atoms with Crippen molar-refractivity contribution in [2.45, 2.75) is 37.8 Å². The molecule has 0 spiro atoms. The van der Waals surface area contributed by atoms with Gasteiger partial charge in [-0.2, -0.15) is 0 Å². The number of methoxy groups -OCH3 is 1. The van der Waals surface area contributed by atoms with Crippen LogP contribution in [-0.2, 0) is 0 Å². The summed E-state index contributed by atoms with van der Waals surface area (Å²) >= 11 is 0. The van der Waals surface area contributed by atoms with Crippen LogP contribution in [0.5, 0.6) is 5.75 Å². The molecule has 0 radical (unpaired) electrons. The minimum atomic E-state index is 0.603. The normalized spacial score (nSPS) is 23.4. The first-order chi connectivity index (χ1) is 8.86. The summed E-state index contributed by atoms with van der Waals surface area (Å²) in [7, 11) is 1.68. The molecule has 0 aromatic carbocycles. The van der Waals surface area contributed by atoms with Crippen molar-refractivity contribution in [3.63, 3.8) is 0 Å². The van der Waals surface area contributed by atoms with Gasteiger partial charge in [0.15, 0.2) is 0 Å². The topological polar surface area (TPSA) is 37.4 Å². The lowest BCUT2D eigenvalue weighted by atomic mass is 10.2. The van der Waals surface area contributed by atoms with Gasteiger partial charge in [-0.1, -0.05) is 0 Å². The molecule has 3 rings (SSSR count). The Morgan fingerprint density at radius 2 is 2.28 bits per heavy atom. The van der Waals surface area contributed by atoms with Gasteiger partial charge in [-0.05, 0) is 37.8 Å². The van der Waals surface area contributed by atoms with Gasteiger partial charge in [0.05, 0.1) is 13.3 Å². The number of nitrogens with one attached hydrogen (secondary N) is 1. The molecule has 1 saturated heterocycles. The lowest BCUT2D eigenvalue weighted by Gasteiger charge is -2.26. The lowest BCUT2D eigenvalue weighted by molar-refractivity contribution is 0.413. The Morgan fingerprint density at radius 1 is 1.39 bits per heavy atom. The highest BCUT2D eigenvalue weighted by atomic mass is 16.5. The van der Waals surface area contributed by atoms with Crippen LogP contribution in [0.1, 0.15) is 25.7 Å². The van der Waals surface area contributed by atoms with Gasteiger partial charge >= 0.3 is 0 Å². The van der Waals surface area contributed by atoms with Gasteiger partial charge in [0.25, 0.3) is 0 Å². The van der Waals surface area contributed by atoms with Gasteiger partial charge in [-0.3, -0.25) is 0 Å². The van der Waals surface area contributed by atoms with Crippen LogP contribution in [0.4, 0.5) is 5.82 Å². The number of anilines is 1. The molecule has 0 bridgehead atoms. The Morgan fingerprint density at radius 3 is 2.94 bits per heavy atom. The van der Waals surface area contributed by atoms with Crippen molar-refractivity contribution in [1.82, 2.24) is 10.3 Å². The number of nitrogens with zero attached hydrogens (tertiary/aromatic N) is 2. The number of rotatable bonds is 5. The molecule has 2 heterocycles. The number of ether oxygens (including phenoxy) is 1. The van der Waals surface area contributed by atoms with Gasteiger partial charge in [-0.25, -0.2) is 4.98 Å². The second-order valence-electron chi connectivity index (χ2n) is 5.23. The molecule has 98 valence electrons. The van der Waals surface area contributed by atoms with Gasteiger partial charge < -0.3 is 15.0 Å². The van der Waals surface area contributed by atoms with E-state index in [4.69, 9.17) is 4.74 Å². The summed E-state index contributed by atoms with van der Waals surface area (Å²) in [5, 5.41) is 3.63. The van der Waals surface area contributed by atoms with Crippen LogP contribution >= 0.6 is 0 Å². The molecule has 1 aliphatic heterocycles. The van der Waals surface area contributed by atoms with E-state index in [9.17, 15) is 0 Å². The Balaban J connectivity index is 1.64. The highest BCUT2D eigenvalue weighted by Crippen LogP contribution is 2.26. The van der Waals surface area contributed by atoms with Gasteiger partial charge in [0.2, 0.25) is 0 Å². The van der Waals surface area contributed by atoms with Crippen LogP contribution in [0.25, 0.3) is 0 Å². The Hall–Kier alpha value is -1.29. The predicted molar refractivity (Wildman–Crippen MR) is 72.2 cm³/mol. The molecule has 2 aliphatic rings. The molecule has 1 unspecified atom stereocenters. The summed E-state index contributed by atoms with van der Waals surface area (Å²) in [6.07, 6.45) is 7.05. The van der Waals surface area contributed by atoms with Crippen molar-refractivity contribution >= 4 is 5.82 Å². The molecule has 0 amide bonds. The van der Waals surface area contributed by atoms with Gasteiger partial charge in [-0.15, -0.1) is 0 Å². The molecule has 1 saturated carbocycles. The monoisotopic (exact) mass is 247 g/mol. The Bertz CT molecular complexity index is 389. The summed E-state index contributed by atoms with van der Waals surface area (Å²) in [5.74, 6) is 1.90. The lowest BCUT2D eigenvalue weighted by Crippen LogP contribution is -2.39. The maximum Gasteiger partial charge on any atom is 0.137 e. The maximum atomic E-state index is 5.15. The molecule has 1 aromatic rings. The summed E-state index contributed by atoms with van der Waals surface area (Å²) < 4.78 is 5.15. The molecule has 1 atom stereocenters. The Kier molecular flexibility index (Phi) is 3.37. The van der Waals surface area contributed by atoms with Crippen molar-refractivity contribution in [3.8, 4) is 5.75 Å². The summed E-state index contributed by atoms with van der Waals surface area (Å²) in [6.45, 7) is 2.22. The average Bonchev–Trinajstić information content (AvgIpc) is 3.14. The second-order valence-corrected chi connectivity index (χ2v) is 5.23. The molecule has 1 aliphatic carbocycles. The third kappa shape index (κ3) is 2.58. The van der Waals surface area contributed by atoms with E-state index in [0.29, 0.717) is 6.04 Å². The first kappa shape index (κ1) is 11.8. The predicted octanol–water partition coefficient (Wildman–Crippen LogP) is 1.81. The molecule has 2 fully saturated rings. The van der Waals surface area contributed by atoms with E-state index in [0.717, 1.165) is 30.7 Å². The molecular weight excluding hydrogens is 226 g/mol. The molecular formula is C14H21N3O. The average molecular weight is 247 g/mol. The second kappa shape index (κ2) is 5.14. The van der Waals surface area contributed by atoms with E-state index in [-0.39, 0.29) is 0 Å². The summed E-state index contributed by atoms with van der Waals surface area (Å²) in [4.78, 5) is 6.92. The molecule has 1 N–H and O–H groups in total. The molecule has 1 aromatic heterocycles. The number of pyridine rings is 1. The fourth-order valence-corrected chi connectivity index (χ4v) is 2.60. The fraction of sp³-hybridized carbons (Fsp3) is 0.643. The van der Waals surface area contributed by atoms with Crippen LogP contribution < -0.4 is 15.0 Å². The summed E-state index contributed by atoms with van der Waals surface area (Å²) in [6, 6.07) is 5.45. The molecule has 4 nitrogen and oxygen atoms in total. The van der Waals surface area contributed by atoms with Crippen LogP contribution in [-0.4, -0.2) is 37.3 Å². The van der Waals surface area contributed by atoms with Crippen molar-refractivity contribution < 1.29 is 4.74 Å². The van der Waals surface area contributed by atoms with Crippen molar-refractivity contribution in [3.05, 3.63) is 18.3 Å². The number of hydrogen-bond acceptors (Lipinski definition) is 4. The molecule has 4 heteroatoms. The number of aromatic nitrogens is 1. The van der Waals surface area contributed by atoms with E-state index in [1.54, 1.807) is 13.3 Å². The van der Waals surface area contributed by atoms with Crippen LogP contribution in [0.3, 0.4) is 0 Å². The highest BCUT2D eigenvalue weighted by Gasteiger charge is 2.28. The number of hydrogen-bond donors (Lipinski definition) is 1. The van der Waals surface area contributed by atoms with E-state index in [1.165, 1.54) is 25.7 Å². The van der Waals surface area contributed by atoms with E-state index in [1.807, 2.05) is 6.07 Å². The van der Waals surface area contributed by atoms with E-state index < -0.39 is 0 Å². The minimum Gasteiger partial charge on any atom is -0.495 e. The minimum absolute atomic E-state index is 0.603. The largest absolute Gasteiger partial charge is 0.495 e. The van der Waals surface area contributed by atoms with Crippen molar-refractivity contribution in [2.75, 3.05) is 25.1 Å². The van der Waals surface area contributed by atoms with Gasteiger partial charge in [0.1, 0.15) is 11.6 Å². The van der Waals surface area contributed by atoms with Crippen LogP contribution in [0, 0.1) is 0 Å². The van der Waals surface area contributed by atoms with E-state index >= 15 is 0 Å². The summed E-state index contributed by atoms with van der Waals surface area (Å²) in [5.41, 5.74) is 0. The standard InChI is InChI=1S/C14H21N3O/c1-18-13-6-7-14(16-10-13)17-8-2-3-12(17)9-15-11-4-5-11/h6-7,10-12,15H,2-5,8-9H2,1H3. The zero-order valence-corrected chi connectivity index (χ0v) is 10.9. The first-order valence-electron chi connectivity index (χ1n) is 6.87.